The Morgan fingerprint density at radius 2 is 0.639 bits per heavy atom. The number of halogens is 12. The summed E-state index contributed by atoms with van der Waals surface area (Å²) in [5, 5.41) is 41.2. The summed E-state index contributed by atoms with van der Waals surface area (Å²) < 4.78 is 26.9. The Bertz CT molecular complexity index is 5670. The summed E-state index contributed by atoms with van der Waals surface area (Å²) in [6.45, 7) is 38.4. The van der Waals surface area contributed by atoms with Gasteiger partial charge in [-0.15, -0.1) is 0 Å². The molecule has 9 nitrogen and oxygen atoms in total. The molecule has 0 amide bonds. The fourth-order valence-corrected chi connectivity index (χ4v) is 27.2. The van der Waals surface area contributed by atoms with Gasteiger partial charge in [0.1, 0.15) is 23.0 Å². The molecular weight excluding hydrogens is 2690 g/mol. The normalized spacial score (nSPS) is 11.6. The van der Waals surface area contributed by atoms with E-state index in [2.05, 4.69) is 353 Å². The first-order valence-corrected chi connectivity index (χ1v) is 59.3. The van der Waals surface area contributed by atoms with E-state index in [9.17, 15) is 20.4 Å². The van der Waals surface area contributed by atoms with Crippen LogP contribution < -0.4 is 9.97 Å². The van der Waals surface area contributed by atoms with Crippen LogP contribution in [0, 0.1) is 55.4 Å². The molecule has 2 aliphatic rings. The molecule has 0 unspecified atom stereocenters. The average Bonchev–Trinajstić information content (AvgIpc) is 0.946. The van der Waals surface area contributed by atoms with Crippen LogP contribution in [-0.4, -0.2) is 40.7 Å². The molecule has 2 aromatic heterocycles. The first-order chi connectivity index (χ1) is 62.8. The zero-order chi connectivity index (χ0) is 98.6. The molecule has 11 aromatic carbocycles. The van der Waals surface area contributed by atoms with Gasteiger partial charge in [0.25, 0.3) is 0 Å². The average molecular weight is 2810 g/mol. The zero-order valence-electron chi connectivity index (χ0n) is 78.7. The van der Waals surface area contributed by atoms with Gasteiger partial charge in [-0.05, 0) is 312 Å². The van der Waals surface area contributed by atoms with E-state index < -0.39 is 35.8 Å². The van der Waals surface area contributed by atoms with Crippen molar-refractivity contribution in [2.24, 2.45) is 10.5 Å². The summed E-state index contributed by atoms with van der Waals surface area (Å²) in [7, 11) is 1.90. The van der Waals surface area contributed by atoms with E-state index in [-0.39, 0.29) is 51.4 Å². The third-order valence-electron chi connectivity index (χ3n) is 21.1. The first kappa shape index (κ1) is 117. The van der Waals surface area contributed by atoms with Crippen molar-refractivity contribution in [3.63, 3.8) is 0 Å². The Hall–Kier alpha value is -4.75. The minimum absolute atomic E-state index is 0.0309. The van der Waals surface area contributed by atoms with E-state index >= 15 is 0 Å². The van der Waals surface area contributed by atoms with E-state index in [1.807, 2.05) is 165 Å². The maximum absolute atomic E-state index is 11.0. The van der Waals surface area contributed by atoms with Crippen molar-refractivity contribution in [1.29, 1.82) is 0 Å². The van der Waals surface area contributed by atoms with Crippen molar-refractivity contribution in [3.05, 3.63) is 375 Å². The van der Waals surface area contributed by atoms with Crippen LogP contribution in [0.1, 0.15) is 202 Å². The fraction of sp³-hybridized carbons (Fsp3) is 0.294. The summed E-state index contributed by atoms with van der Waals surface area (Å²) in [5.41, 5.74) is 25.7. The molecule has 0 saturated heterocycles. The van der Waals surface area contributed by atoms with Crippen molar-refractivity contribution >= 4 is 198 Å². The predicted octanol–water partition coefficient (Wildman–Crippen LogP) is 36.8. The number of fused-ring (bicyclic) bond motifs is 2. The third-order valence-corrected chi connectivity index (χ3v) is 36.7. The number of nitrogens with zero attached hydrogens (tertiary/aromatic N) is 5. The van der Waals surface area contributed by atoms with E-state index in [0.717, 1.165) is 113 Å². The Balaban J connectivity index is 0.000000233. The van der Waals surface area contributed by atoms with Crippen molar-refractivity contribution in [2.45, 2.75) is 204 Å². The molecule has 0 atom stereocenters. The molecule has 0 fully saturated rings. The molecule has 2 heterocycles. The van der Waals surface area contributed by atoms with E-state index in [1.165, 1.54) is 91.4 Å². The van der Waals surface area contributed by atoms with E-state index in [4.69, 9.17) is 46.4 Å². The Labute approximate surface area is 902 Å². The van der Waals surface area contributed by atoms with Gasteiger partial charge in [-0.1, -0.05) is 120 Å². The number of hydrogen-bond acceptors (Lipinski definition) is 7. The van der Waals surface area contributed by atoms with Crippen LogP contribution in [0.2, 0.25) is 20.1 Å². The standard InChI is InChI=1S/C21H22Br2O.C12H18.3C10H12.3C7H6Br2O.2C6H3Cl2N.2C6H8N.CH3N.Mo.2W/c1-12-17(22)10-13-6-2-4-8-15(13)19(12)20-16-9-5-3-7-14(16)11-18(23)21(20)24;1-9(2)11-6-5-7-12(8-11)10(3)4;3*1-10(2,3)9-7-5-4-6-8-9;3*1-4-2-5(8)7(10)6(9)3-4;2*7-4-2-1-3-5(8)6(4)9;2*1-5-3-4-6(2)7-5;1-2;;;/h10-11,24H,2-9H2,1H3;5-10H,1-4H3;3*1,4-8H,2-3H3;3*2-3,10H,1H3;2*1-3H;2*3-4H,1-2H3;1H3;;;/q;;;;;;;;;;2*-1;;;;. The van der Waals surface area contributed by atoms with Gasteiger partial charge in [0.15, 0.2) is 0 Å². The van der Waals surface area contributed by atoms with E-state index in [1.54, 1.807) is 0 Å². The van der Waals surface area contributed by atoms with Gasteiger partial charge in [0.05, 0.1) is 31.3 Å². The quantitative estimate of drug-likeness (QED) is 0.0949. The topological polar surface area (TPSA) is 146 Å². The van der Waals surface area contributed by atoms with Crippen molar-refractivity contribution in [3.8, 4) is 34.1 Å². The second-order valence-electron chi connectivity index (χ2n) is 34.2. The maximum atomic E-state index is 11.0. The van der Waals surface area contributed by atoms with Gasteiger partial charge in [-0.25, -0.2) is 0 Å². The molecule has 2 aliphatic carbocycles. The molecule has 0 bridgehead atoms. The van der Waals surface area contributed by atoms with Crippen LogP contribution >= 0.6 is 174 Å². The van der Waals surface area contributed by atoms with Gasteiger partial charge in [0, 0.05) is 10.0 Å². The molecule has 0 aliphatic heterocycles. The number of aryl methyl sites for hydroxylation is 9. The third kappa shape index (κ3) is 39.0. The van der Waals surface area contributed by atoms with Crippen LogP contribution in [0.3, 0.4) is 0 Å². The zero-order valence-corrected chi connectivity index (χ0v) is 102. The van der Waals surface area contributed by atoms with Gasteiger partial charge in [-0.3, -0.25) is 0 Å². The van der Waals surface area contributed by atoms with Crippen molar-refractivity contribution in [2.75, 3.05) is 7.05 Å². The molecule has 0 radical (unpaired) electrons. The summed E-state index contributed by atoms with van der Waals surface area (Å²) in [6, 6.07) is 75.0. The molecule has 24 heteroatoms. The maximum Gasteiger partial charge on any atom is 0.143 e. The Morgan fingerprint density at radius 1 is 0.353 bits per heavy atom. The SMILES string of the molecule is CC(C)([CH]=[W]=[N]c1c(Cl)cccc1Cl)c1ccccc1.CC(C)([CH]=[W]=[N]c1c(Cl)cccc1Cl)c1ccccc1.CC(C)c1cccc(C(C)C)c1.C[N]=[Mo]=[CH]C(C)(C)c1ccccc1.Cc1c(Br)cc2c(c1-c1c(O)c(Br)cc3c1CCCC3)CCCC2.Cc1cc(Br)c(O)c(Br)c1.Cc1cc(Br)c(O)c(Br)c1.Cc1cc(Br)c(O)c(Br)c1.Cc1ccc(C)[n-]1.Cc1ccc(C)[n-]1. The molecule has 0 saturated carbocycles. The van der Waals surface area contributed by atoms with Gasteiger partial charge >= 0.3 is 364 Å². The number of rotatable bonds is 11. The smallest absolute Gasteiger partial charge is 0.143 e. The number of phenolic OH excluding ortho intramolecular Hbond substituents is 4. The van der Waals surface area contributed by atoms with Crippen LogP contribution in [0.15, 0.2) is 271 Å². The summed E-state index contributed by atoms with van der Waals surface area (Å²) in [5.74, 6) is 2.47. The second kappa shape index (κ2) is 58.5. The fourth-order valence-electron chi connectivity index (χ4n) is 13.6. The first-order valence-electron chi connectivity index (χ1n) is 43.4. The van der Waals surface area contributed by atoms with Crippen LogP contribution in [0.25, 0.3) is 11.1 Å². The molecule has 13 aromatic rings. The van der Waals surface area contributed by atoms with Crippen molar-refractivity contribution in [1.82, 2.24) is 9.97 Å². The number of hydrogen-bond donors (Lipinski definition) is 4. The van der Waals surface area contributed by atoms with Gasteiger partial charge in [-0.2, -0.15) is 22.8 Å². The van der Waals surface area contributed by atoms with Crippen LogP contribution in [0.4, 0.5) is 11.4 Å². The number of phenols is 4. The minimum Gasteiger partial charge on any atom is -0.665 e. The molecule has 708 valence electrons. The van der Waals surface area contributed by atoms with E-state index in [0.29, 0.717) is 37.7 Å². The van der Waals surface area contributed by atoms with Crippen LogP contribution in [-0.2, 0) is 95.7 Å². The molecule has 133 heavy (non-hydrogen) atoms. The molecule has 15 rings (SSSR count). The van der Waals surface area contributed by atoms with Crippen molar-refractivity contribution < 1.29 is 74.2 Å². The van der Waals surface area contributed by atoms with Gasteiger partial charge in [0.2, 0.25) is 0 Å². The Morgan fingerprint density at radius 3 is 0.940 bits per heavy atom. The minimum atomic E-state index is -1.01. The number of benzene rings is 11. The monoisotopic (exact) mass is 2800 g/mol. The Kier molecular flexibility index (Phi) is 51.4. The molecular formula is C109H119Br8Cl4MoN5O4W2-2. The van der Waals surface area contributed by atoms with Crippen LogP contribution in [0.5, 0.6) is 23.0 Å². The number of aromatic hydroxyl groups is 4. The molecule has 0 spiro atoms. The van der Waals surface area contributed by atoms with Gasteiger partial charge < -0.3 is 30.4 Å². The summed E-state index contributed by atoms with van der Waals surface area (Å²) in [4.78, 5) is 8.22. The summed E-state index contributed by atoms with van der Waals surface area (Å²) in [6.07, 6.45) is 9.46. The molecule has 4 N–H and O–H groups in total. The number of aromatic nitrogens is 2. The largest absolute Gasteiger partial charge is 0.665 e. The second-order valence-corrected chi connectivity index (χ2v) is 49.2. The predicted molar refractivity (Wildman–Crippen MR) is 587 cm³/mol. The summed E-state index contributed by atoms with van der Waals surface area (Å²) >= 11 is 48.9.